The summed E-state index contributed by atoms with van der Waals surface area (Å²) in [6.45, 7) is 4.69. The monoisotopic (exact) mass is 510 g/mol. The summed E-state index contributed by atoms with van der Waals surface area (Å²) in [5, 5.41) is 44.0. The van der Waals surface area contributed by atoms with Gasteiger partial charge in [-0.1, -0.05) is 26.0 Å². The van der Waals surface area contributed by atoms with Crippen molar-refractivity contribution in [1.29, 1.82) is 0 Å². The van der Waals surface area contributed by atoms with Crippen LogP contribution in [0.15, 0.2) is 24.3 Å². The van der Waals surface area contributed by atoms with Crippen molar-refractivity contribution in [3.8, 4) is 5.75 Å². The molecule has 0 bridgehead atoms. The standard InChI is InChI=1S/C23H34N4O9/c1-11(2)8-16(25-20(32)15(24)9-13-4-6-14(29)7-5-13)21(33)26-17(10-18(30)31)22(34)27-19(12(3)28)23(35)36/h4-7,11-12,15-17,19,28-29H,8-10,24H2,1-3H3,(H,25,32)(H,26,33)(H,27,34)(H,30,31)(H,35,36). The van der Waals surface area contributed by atoms with Gasteiger partial charge in [-0.3, -0.25) is 19.2 Å². The van der Waals surface area contributed by atoms with Gasteiger partial charge in [0.25, 0.3) is 0 Å². The number of hydrogen-bond donors (Lipinski definition) is 8. The lowest BCUT2D eigenvalue weighted by molar-refractivity contribution is -0.146. The van der Waals surface area contributed by atoms with E-state index >= 15 is 0 Å². The highest BCUT2D eigenvalue weighted by atomic mass is 16.4. The molecule has 9 N–H and O–H groups in total. The van der Waals surface area contributed by atoms with Gasteiger partial charge in [-0.2, -0.15) is 0 Å². The number of carboxylic acids is 2. The molecule has 0 saturated heterocycles. The number of nitrogens with one attached hydrogen (secondary N) is 3. The topological polar surface area (TPSA) is 228 Å². The van der Waals surface area contributed by atoms with Crippen molar-refractivity contribution in [1.82, 2.24) is 16.0 Å². The zero-order valence-corrected chi connectivity index (χ0v) is 20.3. The summed E-state index contributed by atoms with van der Waals surface area (Å²) in [6, 6.07) is 0.449. The third-order valence-corrected chi connectivity index (χ3v) is 5.13. The molecule has 13 heteroatoms. The van der Waals surface area contributed by atoms with Gasteiger partial charge < -0.3 is 42.1 Å². The molecule has 0 aliphatic heterocycles. The van der Waals surface area contributed by atoms with Crippen LogP contribution in [0.2, 0.25) is 0 Å². The quantitative estimate of drug-likeness (QED) is 0.147. The number of phenols is 1. The van der Waals surface area contributed by atoms with Crippen LogP contribution in [-0.2, 0) is 30.4 Å². The summed E-state index contributed by atoms with van der Waals surface area (Å²) in [7, 11) is 0. The van der Waals surface area contributed by atoms with Crippen LogP contribution in [0.1, 0.15) is 39.2 Å². The first-order valence-electron chi connectivity index (χ1n) is 11.3. The Morgan fingerprint density at radius 1 is 0.861 bits per heavy atom. The van der Waals surface area contributed by atoms with Crippen molar-refractivity contribution in [2.75, 3.05) is 0 Å². The van der Waals surface area contributed by atoms with E-state index in [0.29, 0.717) is 5.56 Å². The molecule has 1 aromatic carbocycles. The maximum absolute atomic E-state index is 12.9. The van der Waals surface area contributed by atoms with Crippen LogP contribution >= 0.6 is 0 Å². The number of aliphatic carboxylic acids is 2. The van der Waals surface area contributed by atoms with Crippen LogP contribution in [0.3, 0.4) is 0 Å². The summed E-state index contributed by atoms with van der Waals surface area (Å²) in [4.78, 5) is 60.7. The summed E-state index contributed by atoms with van der Waals surface area (Å²) < 4.78 is 0. The highest BCUT2D eigenvalue weighted by Gasteiger charge is 2.33. The van der Waals surface area contributed by atoms with Crippen molar-refractivity contribution in [2.24, 2.45) is 11.7 Å². The maximum atomic E-state index is 12.9. The van der Waals surface area contributed by atoms with Crippen LogP contribution in [0.25, 0.3) is 0 Å². The SMILES string of the molecule is CC(C)CC(NC(=O)C(N)Cc1ccc(O)cc1)C(=O)NC(CC(=O)O)C(=O)NC(C(=O)O)C(C)O. The molecule has 0 aliphatic rings. The fraction of sp³-hybridized carbons (Fsp3) is 0.522. The molecule has 0 aromatic heterocycles. The Labute approximate surface area is 208 Å². The first kappa shape index (κ1) is 30.3. The number of hydrogen-bond acceptors (Lipinski definition) is 8. The molecule has 0 saturated carbocycles. The maximum Gasteiger partial charge on any atom is 0.328 e. The summed E-state index contributed by atoms with van der Waals surface area (Å²) >= 11 is 0. The molecular formula is C23H34N4O9. The predicted octanol–water partition coefficient (Wildman–Crippen LogP) is -1.30. The third-order valence-electron chi connectivity index (χ3n) is 5.13. The molecule has 0 heterocycles. The minimum absolute atomic E-state index is 0.0496. The van der Waals surface area contributed by atoms with E-state index in [2.05, 4.69) is 10.6 Å². The second kappa shape index (κ2) is 14.0. The molecule has 5 unspecified atom stereocenters. The summed E-state index contributed by atoms with van der Waals surface area (Å²) in [5.74, 6) is -5.69. The van der Waals surface area contributed by atoms with E-state index in [9.17, 15) is 34.2 Å². The van der Waals surface area contributed by atoms with Crippen molar-refractivity contribution in [2.45, 2.75) is 70.3 Å². The average Bonchev–Trinajstić information content (AvgIpc) is 2.76. The van der Waals surface area contributed by atoms with E-state index in [1.165, 1.54) is 12.1 Å². The minimum atomic E-state index is -1.73. The fourth-order valence-corrected chi connectivity index (χ4v) is 3.26. The number of aromatic hydroxyl groups is 1. The molecule has 36 heavy (non-hydrogen) atoms. The smallest absolute Gasteiger partial charge is 0.328 e. The second-order valence-corrected chi connectivity index (χ2v) is 8.89. The molecule has 1 rings (SSSR count). The van der Waals surface area contributed by atoms with E-state index in [0.717, 1.165) is 6.92 Å². The number of carbonyl (C=O) groups is 5. The zero-order chi connectivity index (χ0) is 27.6. The molecule has 0 spiro atoms. The zero-order valence-electron chi connectivity index (χ0n) is 20.3. The number of benzene rings is 1. The molecular weight excluding hydrogens is 476 g/mol. The summed E-state index contributed by atoms with van der Waals surface area (Å²) in [6.07, 6.45) is -2.11. The Balaban J connectivity index is 2.98. The van der Waals surface area contributed by atoms with Gasteiger partial charge in [0.1, 0.15) is 17.8 Å². The van der Waals surface area contributed by atoms with E-state index in [4.69, 9.17) is 15.9 Å². The van der Waals surface area contributed by atoms with Gasteiger partial charge >= 0.3 is 11.9 Å². The number of phenolic OH excluding ortho intramolecular Hbond substituents is 1. The van der Waals surface area contributed by atoms with Crippen LogP contribution in [0, 0.1) is 5.92 Å². The molecule has 1 aromatic rings. The lowest BCUT2D eigenvalue weighted by Crippen LogP contribution is -2.59. The highest BCUT2D eigenvalue weighted by molar-refractivity contribution is 5.95. The van der Waals surface area contributed by atoms with Crippen LogP contribution < -0.4 is 21.7 Å². The van der Waals surface area contributed by atoms with Gasteiger partial charge in [-0.15, -0.1) is 0 Å². The van der Waals surface area contributed by atoms with Gasteiger partial charge in [0.05, 0.1) is 18.6 Å². The van der Waals surface area contributed by atoms with Gasteiger partial charge in [0, 0.05) is 0 Å². The minimum Gasteiger partial charge on any atom is -0.508 e. The molecule has 3 amide bonds. The number of carbonyl (C=O) groups excluding carboxylic acids is 3. The Morgan fingerprint density at radius 3 is 1.86 bits per heavy atom. The van der Waals surface area contributed by atoms with Crippen LogP contribution in [0.5, 0.6) is 5.75 Å². The number of amides is 3. The van der Waals surface area contributed by atoms with Gasteiger partial charge in [-0.05, 0) is 43.4 Å². The lowest BCUT2D eigenvalue weighted by atomic mass is 10.0. The molecule has 0 aliphatic carbocycles. The first-order chi connectivity index (χ1) is 16.7. The average molecular weight is 511 g/mol. The molecule has 13 nitrogen and oxygen atoms in total. The highest BCUT2D eigenvalue weighted by Crippen LogP contribution is 2.12. The largest absolute Gasteiger partial charge is 0.508 e. The normalized spacial score (nSPS) is 15.2. The number of aliphatic hydroxyl groups is 1. The molecule has 0 radical (unpaired) electrons. The van der Waals surface area contributed by atoms with E-state index in [-0.39, 0.29) is 24.5 Å². The lowest BCUT2D eigenvalue weighted by Gasteiger charge is -2.26. The second-order valence-electron chi connectivity index (χ2n) is 8.89. The fourth-order valence-electron chi connectivity index (χ4n) is 3.26. The van der Waals surface area contributed by atoms with Crippen LogP contribution in [-0.4, -0.2) is 80.4 Å². The number of carboxylic acid groups (broad SMARTS) is 2. The predicted molar refractivity (Wildman–Crippen MR) is 127 cm³/mol. The van der Waals surface area contributed by atoms with Crippen LogP contribution in [0.4, 0.5) is 0 Å². The van der Waals surface area contributed by atoms with Gasteiger partial charge in [0.2, 0.25) is 17.7 Å². The molecule has 200 valence electrons. The Kier molecular flexibility index (Phi) is 11.8. The van der Waals surface area contributed by atoms with E-state index < -0.39 is 66.4 Å². The van der Waals surface area contributed by atoms with Crippen molar-refractivity contribution >= 4 is 29.7 Å². The number of nitrogens with two attached hydrogens (primary N) is 1. The van der Waals surface area contributed by atoms with Gasteiger partial charge in [0.15, 0.2) is 6.04 Å². The Bertz CT molecular complexity index is 934. The Hall–Kier alpha value is -3.71. The van der Waals surface area contributed by atoms with Crippen molar-refractivity contribution in [3.63, 3.8) is 0 Å². The third kappa shape index (κ3) is 10.3. The van der Waals surface area contributed by atoms with Crippen molar-refractivity contribution in [3.05, 3.63) is 29.8 Å². The van der Waals surface area contributed by atoms with Gasteiger partial charge in [-0.25, -0.2) is 4.79 Å². The van der Waals surface area contributed by atoms with E-state index in [1.807, 2.05) is 5.32 Å². The molecule has 0 fully saturated rings. The molecule has 5 atom stereocenters. The first-order valence-corrected chi connectivity index (χ1v) is 11.3. The van der Waals surface area contributed by atoms with E-state index in [1.54, 1.807) is 26.0 Å². The summed E-state index contributed by atoms with van der Waals surface area (Å²) in [5.41, 5.74) is 6.64. The number of aliphatic hydroxyl groups excluding tert-OH is 1. The van der Waals surface area contributed by atoms with Crippen molar-refractivity contribution < 1.29 is 44.4 Å². The Morgan fingerprint density at radius 2 is 1.39 bits per heavy atom. The number of rotatable bonds is 14.